The van der Waals surface area contributed by atoms with Crippen molar-refractivity contribution in [2.24, 2.45) is 4.99 Å². The molecule has 0 saturated carbocycles. The lowest BCUT2D eigenvalue weighted by molar-refractivity contribution is 0.174. The number of guanidine groups is 1. The number of hydrogen-bond acceptors (Lipinski definition) is 3. The highest BCUT2D eigenvalue weighted by Gasteiger charge is 2.14. The highest BCUT2D eigenvalue weighted by atomic mass is 127. The van der Waals surface area contributed by atoms with Crippen molar-refractivity contribution < 1.29 is 9.47 Å². The predicted octanol–water partition coefficient (Wildman–Crippen LogP) is 3.09. The fourth-order valence-electron chi connectivity index (χ4n) is 2.56. The molecule has 1 heterocycles. The second kappa shape index (κ2) is 9.92. The summed E-state index contributed by atoms with van der Waals surface area (Å²) in [5, 5.41) is 3.26. The molecule has 0 atom stereocenters. The van der Waals surface area contributed by atoms with Gasteiger partial charge in [-0.1, -0.05) is 36.1 Å². The van der Waals surface area contributed by atoms with Crippen LogP contribution in [-0.4, -0.2) is 38.3 Å². The van der Waals surface area contributed by atoms with Gasteiger partial charge in [0, 0.05) is 26.2 Å². The van der Waals surface area contributed by atoms with Crippen LogP contribution in [0.5, 0.6) is 11.5 Å². The Morgan fingerprint density at radius 1 is 1.15 bits per heavy atom. The molecule has 1 aliphatic rings. The molecule has 0 bridgehead atoms. The molecule has 0 amide bonds. The van der Waals surface area contributed by atoms with Gasteiger partial charge in [-0.3, -0.25) is 4.99 Å². The molecular formula is C20H22IN3O2. The van der Waals surface area contributed by atoms with Crippen LogP contribution in [0.3, 0.4) is 0 Å². The van der Waals surface area contributed by atoms with Gasteiger partial charge in [0.05, 0.1) is 6.54 Å². The Kier molecular flexibility index (Phi) is 7.60. The van der Waals surface area contributed by atoms with Gasteiger partial charge in [-0.2, -0.15) is 0 Å². The van der Waals surface area contributed by atoms with Gasteiger partial charge in [-0.15, -0.1) is 24.0 Å². The van der Waals surface area contributed by atoms with Crippen LogP contribution in [-0.2, 0) is 6.54 Å². The van der Waals surface area contributed by atoms with E-state index in [1.165, 1.54) is 0 Å². The smallest absolute Gasteiger partial charge is 0.231 e. The van der Waals surface area contributed by atoms with Crippen molar-refractivity contribution in [3.63, 3.8) is 0 Å². The van der Waals surface area contributed by atoms with E-state index in [1.54, 1.807) is 7.05 Å². The lowest BCUT2D eigenvalue weighted by Gasteiger charge is -2.21. The summed E-state index contributed by atoms with van der Waals surface area (Å²) in [6, 6.07) is 15.9. The second-order valence-corrected chi connectivity index (χ2v) is 5.61. The molecular weight excluding hydrogens is 441 g/mol. The minimum Gasteiger partial charge on any atom is -0.454 e. The lowest BCUT2D eigenvalue weighted by atomic mass is 10.2. The first-order valence-electron chi connectivity index (χ1n) is 8.10. The predicted molar refractivity (Wildman–Crippen MR) is 114 cm³/mol. The third-order valence-corrected chi connectivity index (χ3v) is 3.77. The quantitative estimate of drug-likeness (QED) is 0.329. The maximum atomic E-state index is 5.42. The Morgan fingerprint density at radius 3 is 2.69 bits per heavy atom. The SMILES string of the molecule is CN=C(NCC#Cc1ccccc1)N(C)Cc1ccc2c(c1)OCO2.I. The molecule has 0 radical (unpaired) electrons. The van der Waals surface area contributed by atoms with Gasteiger partial charge in [0.1, 0.15) is 0 Å². The molecule has 3 rings (SSSR count). The number of benzene rings is 2. The van der Waals surface area contributed by atoms with Crippen molar-refractivity contribution in [3.05, 3.63) is 59.7 Å². The number of ether oxygens (including phenoxy) is 2. The molecule has 2 aromatic carbocycles. The molecule has 5 nitrogen and oxygen atoms in total. The van der Waals surface area contributed by atoms with Crippen LogP contribution in [0.25, 0.3) is 0 Å². The van der Waals surface area contributed by atoms with E-state index in [4.69, 9.17) is 9.47 Å². The zero-order valence-electron chi connectivity index (χ0n) is 14.9. The van der Waals surface area contributed by atoms with E-state index in [9.17, 15) is 0 Å². The van der Waals surface area contributed by atoms with Gasteiger partial charge in [-0.25, -0.2) is 0 Å². The van der Waals surface area contributed by atoms with Gasteiger partial charge < -0.3 is 19.7 Å². The van der Waals surface area contributed by atoms with Crippen LogP contribution in [0.15, 0.2) is 53.5 Å². The fourth-order valence-corrected chi connectivity index (χ4v) is 2.56. The molecule has 0 unspecified atom stereocenters. The molecule has 0 saturated heterocycles. The van der Waals surface area contributed by atoms with Crippen LogP contribution in [0.2, 0.25) is 0 Å². The number of aliphatic imine (C=N–C) groups is 1. The minimum absolute atomic E-state index is 0. The minimum atomic E-state index is 0. The Hall–Kier alpha value is -2.40. The van der Waals surface area contributed by atoms with Gasteiger partial charge in [0.25, 0.3) is 0 Å². The summed E-state index contributed by atoms with van der Waals surface area (Å²) in [5.41, 5.74) is 2.14. The summed E-state index contributed by atoms with van der Waals surface area (Å²) in [5.74, 6) is 8.62. The Labute approximate surface area is 171 Å². The third-order valence-electron chi connectivity index (χ3n) is 3.77. The fraction of sp³-hybridized carbons (Fsp3) is 0.250. The maximum absolute atomic E-state index is 5.42. The third kappa shape index (κ3) is 5.30. The van der Waals surface area contributed by atoms with Crippen molar-refractivity contribution >= 4 is 29.9 Å². The Morgan fingerprint density at radius 2 is 1.92 bits per heavy atom. The standard InChI is InChI=1S/C20H21N3O2.HI/c1-21-20(22-12-6-9-16-7-4-3-5-8-16)23(2)14-17-10-11-18-19(13-17)25-15-24-18;/h3-5,7-8,10-11,13H,12,14-15H2,1-2H3,(H,21,22);1H. The molecule has 6 heteroatoms. The number of hydrogen-bond donors (Lipinski definition) is 1. The Bertz CT molecular complexity index is 813. The van der Waals surface area contributed by atoms with E-state index >= 15 is 0 Å². The first-order valence-corrected chi connectivity index (χ1v) is 8.10. The van der Waals surface area contributed by atoms with Crippen LogP contribution in [0, 0.1) is 11.8 Å². The van der Waals surface area contributed by atoms with Gasteiger partial charge >= 0.3 is 0 Å². The van der Waals surface area contributed by atoms with Crippen molar-refractivity contribution in [2.75, 3.05) is 27.4 Å². The zero-order chi connectivity index (χ0) is 17.5. The summed E-state index contributed by atoms with van der Waals surface area (Å²) < 4.78 is 10.8. The first kappa shape index (κ1) is 19.9. The van der Waals surface area contributed by atoms with E-state index < -0.39 is 0 Å². The van der Waals surface area contributed by atoms with Crippen molar-refractivity contribution in [1.82, 2.24) is 10.2 Å². The zero-order valence-corrected chi connectivity index (χ0v) is 17.2. The van der Waals surface area contributed by atoms with Crippen molar-refractivity contribution in [1.29, 1.82) is 0 Å². The lowest BCUT2D eigenvalue weighted by Crippen LogP contribution is -2.38. The largest absolute Gasteiger partial charge is 0.454 e. The first-order chi connectivity index (χ1) is 12.3. The summed E-state index contributed by atoms with van der Waals surface area (Å²) in [4.78, 5) is 6.35. The molecule has 1 aliphatic heterocycles. The number of fused-ring (bicyclic) bond motifs is 1. The number of halogens is 1. The average molecular weight is 463 g/mol. The molecule has 2 aromatic rings. The average Bonchev–Trinajstić information content (AvgIpc) is 3.10. The molecule has 0 aliphatic carbocycles. The summed E-state index contributed by atoms with van der Waals surface area (Å²) in [7, 11) is 3.76. The highest BCUT2D eigenvalue weighted by molar-refractivity contribution is 14.0. The van der Waals surface area contributed by atoms with Gasteiger partial charge in [0.2, 0.25) is 6.79 Å². The molecule has 1 N–H and O–H groups in total. The van der Waals surface area contributed by atoms with E-state index in [0.717, 1.165) is 28.6 Å². The van der Waals surface area contributed by atoms with E-state index in [-0.39, 0.29) is 30.8 Å². The van der Waals surface area contributed by atoms with Crippen molar-refractivity contribution in [2.45, 2.75) is 6.54 Å². The molecule has 0 spiro atoms. The molecule has 0 aromatic heterocycles. The normalized spacial score (nSPS) is 11.8. The van der Waals surface area contributed by atoms with Crippen LogP contribution < -0.4 is 14.8 Å². The van der Waals surface area contributed by atoms with E-state index in [1.807, 2.05) is 60.5 Å². The Balaban J connectivity index is 0.00000243. The summed E-state index contributed by atoms with van der Waals surface area (Å²) in [6.45, 7) is 1.54. The van der Waals surface area contributed by atoms with Gasteiger partial charge in [-0.05, 0) is 29.8 Å². The molecule has 136 valence electrons. The number of nitrogens with zero attached hydrogens (tertiary/aromatic N) is 2. The van der Waals surface area contributed by atoms with Crippen LogP contribution >= 0.6 is 24.0 Å². The van der Waals surface area contributed by atoms with E-state index in [0.29, 0.717) is 13.1 Å². The highest BCUT2D eigenvalue weighted by Crippen LogP contribution is 2.32. The topological polar surface area (TPSA) is 46.1 Å². The number of rotatable bonds is 3. The number of nitrogens with one attached hydrogen (secondary N) is 1. The van der Waals surface area contributed by atoms with Crippen molar-refractivity contribution in [3.8, 4) is 23.3 Å². The second-order valence-electron chi connectivity index (χ2n) is 5.61. The molecule has 0 fully saturated rings. The maximum Gasteiger partial charge on any atom is 0.231 e. The monoisotopic (exact) mass is 463 g/mol. The summed E-state index contributed by atoms with van der Waals surface area (Å²) >= 11 is 0. The van der Waals surface area contributed by atoms with Gasteiger partial charge in [0.15, 0.2) is 17.5 Å². The van der Waals surface area contributed by atoms with E-state index in [2.05, 4.69) is 22.2 Å². The van der Waals surface area contributed by atoms with Crippen LogP contribution in [0.4, 0.5) is 0 Å². The molecule has 26 heavy (non-hydrogen) atoms. The van der Waals surface area contributed by atoms with Crippen LogP contribution in [0.1, 0.15) is 11.1 Å². The summed E-state index contributed by atoms with van der Waals surface area (Å²) in [6.07, 6.45) is 0.